The second-order valence-corrected chi connectivity index (χ2v) is 4.20. The third-order valence-corrected chi connectivity index (χ3v) is 2.87. The van der Waals surface area contributed by atoms with Gasteiger partial charge in [-0.3, -0.25) is 0 Å². The average Bonchev–Trinajstić information content (AvgIpc) is 2.93. The molecule has 4 heteroatoms. The summed E-state index contributed by atoms with van der Waals surface area (Å²) in [7, 11) is 0. The first kappa shape index (κ1) is 13.5. The van der Waals surface area contributed by atoms with Crippen LogP contribution < -0.4 is 10.1 Å². The van der Waals surface area contributed by atoms with Gasteiger partial charge in [-0.25, -0.2) is 4.39 Å². The van der Waals surface area contributed by atoms with E-state index in [4.69, 9.17) is 9.15 Å². The van der Waals surface area contributed by atoms with Crippen LogP contribution in [0.1, 0.15) is 32.1 Å². The summed E-state index contributed by atoms with van der Waals surface area (Å²) in [6.07, 6.45) is 2.49. The van der Waals surface area contributed by atoms with Crippen molar-refractivity contribution in [3.63, 3.8) is 0 Å². The van der Waals surface area contributed by atoms with E-state index < -0.39 is 0 Å². The van der Waals surface area contributed by atoms with Gasteiger partial charge in [0.15, 0.2) is 11.6 Å². The zero-order valence-electron chi connectivity index (χ0n) is 11.2. The smallest absolute Gasteiger partial charge is 0.167 e. The van der Waals surface area contributed by atoms with Crippen LogP contribution >= 0.6 is 0 Å². The Balaban J connectivity index is 2.12. The molecule has 0 aliphatic rings. The molecule has 0 amide bonds. The molecule has 0 fully saturated rings. The van der Waals surface area contributed by atoms with Gasteiger partial charge in [0, 0.05) is 11.8 Å². The number of halogens is 1. The summed E-state index contributed by atoms with van der Waals surface area (Å²) >= 11 is 0. The molecule has 1 N–H and O–H groups in total. The van der Waals surface area contributed by atoms with Crippen LogP contribution in [0, 0.1) is 5.82 Å². The molecular formula is C15H18FNO2. The van der Waals surface area contributed by atoms with Crippen LogP contribution in [0.25, 0.3) is 0 Å². The number of anilines is 1. The molecule has 1 aromatic heterocycles. The van der Waals surface area contributed by atoms with Crippen molar-refractivity contribution in [2.24, 2.45) is 0 Å². The average molecular weight is 263 g/mol. The molecule has 0 radical (unpaired) electrons. The minimum absolute atomic E-state index is 0.0346. The monoisotopic (exact) mass is 263 g/mol. The van der Waals surface area contributed by atoms with E-state index in [2.05, 4.69) is 5.32 Å². The van der Waals surface area contributed by atoms with E-state index in [-0.39, 0.29) is 17.6 Å². The molecule has 2 aromatic rings. The van der Waals surface area contributed by atoms with Crippen LogP contribution in [0.5, 0.6) is 5.75 Å². The molecule has 0 saturated carbocycles. The first-order valence-corrected chi connectivity index (χ1v) is 6.46. The zero-order valence-corrected chi connectivity index (χ0v) is 11.2. The number of hydrogen-bond acceptors (Lipinski definition) is 3. The van der Waals surface area contributed by atoms with Crippen molar-refractivity contribution in [1.82, 2.24) is 0 Å². The van der Waals surface area contributed by atoms with Crippen LogP contribution in [-0.4, -0.2) is 6.61 Å². The van der Waals surface area contributed by atoms with Crippen molar-refractivity contribution < 1.29 is 13.5 Å². The van der Waals surface area contributed by atoms with Gasteiger partial charge in [0.05, 0.1) is 18.9 Å². The van der Waals surface area contributed by atoms with E-state index in [9.17, 15) is 4.39 Å². The van der Waals surface area contributed by atoms with Crippen molar-refractivity contribution in [3.05, 3.63) is 48.2 Å². The zero-order chi connectivity index (χ0) is 13.7. The molecule has 3 nitrogen and oxygen atoms in total. The highest BCUT2D eigenvalue weighted by atomic mass is 19.1. The highest BCUT2D eigenvalue weighted by Gasteiger charge is 2.13. The lowest BCUT2D eigenvalue weighted by Crippen LogP contribution is -2.09. The Kier molecular flexibility index (Phi) is 4.44. The number of rotatable bonds is 6. The lowest BCUT2D eigenvalue weighted by Gasteiger charge is -2.16. The Morgan fingerprint density at radius 3 is 2.74 bits per heavy atom. The quantitative estimate of drug-likeness (QED) is 0.839. The van der Waals surface area contributed by atoms with Crippen molar-refractivity contribution in [2.75, 3.05) is 11.9 Å². The highest BCUT2D eigenvalue weighted by Crippen LogP contribution is 2.26. The molecule has 1 unspecified atom stereocenters. The summed E-state index contributed by atoms with van der Waals surface area (Å²) in [6, 6.07) is 8.67. The molecule has 0 aliphatic carbocycles. The molecular weight excluding hydrogens is 245 g/mol. The van der Waals surface area contributed by atoms with Gasteiger partial charge in [0.25, 0.3) is 0 Å². The van der Waals surface area contributed by atoms with Gasteiger partial charge in [0.1, 0.15) is 5.76 Å². The van der Waals surface area contributed by atoms with Crippen LogP contribution in [0.2, 0.25) is 0 Å². The minimum atomic E-state index is -0.360. The van der Waals surface area contributed by atoms with Crippen LogP contribution in [0.4, 0.5) is 10.1 Å². The lowest BCUT2D eigenvalue weighted by molar-refractivity contribution is 0.321. The van der Waals surface area contributed by atoms with Gasteiger partial charge >= 0.3 is 0 Å². The second kappa shape index (κ2) is 6.27. The number of nitrogens with one attached hydrogen (secondary N) is 1. The topological polar surface area (TPSA) is 34.4 Å². The summed E-state index contributed by atoms with van der Waals surface area (Å²) in [5.41, 5.74) is 0.712. The summed E-state index contributed by atoms with van der Waals surface area (Å²) in [6.45, 7) is 4.33. The Labute approximate surface area is 112 Å². The maximum absolute atomic E-state index is 13.7. The lowest BCUT2D eigenvalue weighted by atomic mass is 10.1. The predicted molar refractivity (Wildman–Crippen MR) is 72.9 cm³/mol. The van der Waals surface area contributed by atoms with E-state index in [0.29, 0.717) is 12.3 Å². The summed E-state index contributed by atoms with van der Waals surface area (Å²) in [5.74, 6) is 0.761. The second-order valence-electron chi connectivity index (χ2n) is 4.20. The maximum atomic E-state index is 13.7. The van der Waals surface area contributed by atoms with E-state index >= 15 is 0 Å². The van der Waals surface area contributed by atoms with Crippen LogP contribution in [0.15, 0.2) is 41.0 Å². The molecule has 1 heterocycles. The van der Waals surface area contributed by atoms with Crippen LogP contribution in [0.3, 0.4) is 0 Å². The van der Waals surface area contributed by atoms with Crippen LogP contribution in [-0.2, 0) is 0 Å². The van der Waals surface area contributed by atoms with E-state index in [1.807, 2.05) is 26.0 Å². The molecule has 19 heavy (non-hydrogen) atoms. The SMILES string of the molecule is CCOc1ccc(NC(CC)c2ccco2)cc1F. The van der Waals surface area contributed by atoms with Crippen molar-refractivity contribution in [2.45, 2.75) is 26.3 Å². The fraction of sp³-hybridized carbons (Fsp3) is 0.333. The Bertz CT molecular complexity index is 511. The predicted octanol–water partition coefficient (Wildman–Crippen LogP) is 4.38. The third kappa shape index (κ3) is 3.28. The molecule has 0 spiro atoms. The van der Waals surface area contributed by atoms with E-state index in [1.165, 1.54) is 6.07 Å². The summed E-state index contributed by atoms with van der Waals surface area (Å²) in [5, 5.41) is 3.25. The molecule has 0 bridgehead atoms. The third-order valence-electron chi connectivity index (χ3n) is 2.87. The van der Waals surface area contributed by atoms with Gasteiger partial charge in [-0.1, -0.05) is 6.92 Å². The summed E-state index contributed by atoms with van der Waals surface area (Å²) < 4.78 is 24.3. The van der Waals surface area contributed by atoms with E-state index in [0.717, 1.165) is 12.2 Å². The largest absolute Gasteiger partial charge is 0.491 e. The maximum Gasteiger partial charge on any atom is 0.167 e. The van der Waals surface area contributed by atoms with Gasteiger partial charge in [-0.2, -0.15) is 0 Å². The summed E-state index contributed by atoms with van der Waals surface area (Å²) in [4.78, 5) is 0. The Morgan fingerprint density at radius 1 is 1.32 bits per heavy atom. The first-order valence-electron chi connectivity index (χ1n) is 6.46. The molecule has 102 valence electrons. The molecule has 0 aliphatic heterocycles. The highest BCUT2D eigenvalue weighted by molar-refractivity contribution is 5.48. The van der Waals surface area contributed by atoms with E-state index in [1.54, 1.807) is 18.4 Å². The molecule has 0 saturated heterocycles. The molecule has 1 aromatic carbocycles. The number of benzene rings is 1. The van der Waals surface area contributed by atoms with Crippen molar-refractivity contribution in [1.29, 1.82) is 0 Å². The normalized spacial score (nSPS) is 12.2. The fourth-order valence-corrected chi connectivity index (χ4v) is 1.93. The van der Waals surface area contributed by atoms with Crippen molar-refractivity contribution in [3.8, 4) is 5.75 Å². The minimum Gasteiger partial charge on any atom is -0.491 e. The fourth-order valence-electron chi connectivity index (χ4n) is 1.93. The van der Waals surface area contributed by atoms with Gasteiger partial charge < -0.3 is 14.5 Å². The van der Waals surface area contributed by atoms with Crippen molar-refractivity contribution >= 4 is 5.69 Å². The standard InChI is InChI=1S/C15H18FNO2/c1-3-13(15-6-5-9-19-15)17-11-7-8-14(18-4-2)12(16)10-11/h5-10,13,17H,3-4H2,1-2H3. The van der Waals surface area contributed by atoms with Gasteiger partial charge in [-0.15, -0.1) is 0 Å². The Hall–Kier alpha value is -1.97. The first-order chi connectivity index (χ1) is 9.24. The molecule has 2 rings (SSSR count). The number of ether oxygens (including phenoxy) is 1. The molecule has 1 atom stereocenters. The van der Waals surface area contributed by atoms with Gasteiger partial charge in [-0.05, 0) is 37.6 Å². The number of hydrogen-bond donors (Lipinski definition) is 1. The number of furan rings is 1. The van der Waals surface area contributed by atoms with Gasteiger partial charge in [0.2, 0.25) is 0 Å². The Morgan fingerprint density at radius 2 is 2.16 bits per heavy atom.